The van der Waals surface area contributed by atoms with E-state index >= 15 is 0 Å². The number of carbonyl (C=O) groups is 1. The Bertz CT molecular complexity index is 987. The summed E-state index contributed by atoms with van der Waals surface area (Å²) in [6.45, 7) is 8.67. The van der Waals surface area contributed by atoms with Crippen LogP contribution in [-0.4, -0.2) is 22.8 Å². The summed E-state index contributed by atoms with van der Waals surface area (Å²) in [6.07, 6.45) is 6.64. The van der Waals surface area contributed by atoms with E-state index in [4.69, 9.17) is 14.6 Å². The van der Waals surface area contributed by atoms with Crippen LogP contribution in [-0.2, 0) is 4.74 Å². The van der Waals surface area contributed by atoms with E-state index in [1.807, 2.05) is 18.2 Å². The van der Waals surface area contributed by atoms with Crippen molar-refractivity contribution in [3.63, 3.8) is 0 Å². The molecule has 31 heavy (non-hydrogen) atoms. The molecule has 2 aliphatic rings. The standard InChI is InChI=1S/C27H32O4/c1-17(2)6-5-15-27(4)23-13-7-18(3)30-25(23)22-16-21(12-14-24(22)31-27)19-8-10-20(11-9-19)26(28)29/h6,8-12,14,16,18,23,25H,5,7,13,15H2,1-4H3,(H,28,29)/t18-,23-,25+,27-/m1/s1. The maximum atomic E-state index is 11.2. The predicted octanol–water partition coefficient (Wildman–Crippen LogP) is 6.81. The number of ether oxygens (including phenoxy) is 2. The van der Waals surface area contributed by atoms with Gasteiger partial charge in [-0.05, 0) is 88.8 Å². The van der Waals surface area contributed by atoms with Crippen LogP contribution in [0.2, 0.25) is 0 Å². The van der Waals surface area contributed by atoms with Crippen LogP contribution in [0.3, 0.4) is 0 Å². The molecule has 4 nitrogen and oxygen atoms in total. The minimum atomic E-state index is -0.912. The highest BCUT2D eigenvalue weighted by Crippen LogP contribution is 2.52. The average Bonchev–Trinajstić information content (AvgIpc) is 2.73. The number of carboxylic acid groups (broad SMARTS) is 1. The van der Waals surface area contributed by atoms with Gasteiger partial charge in [0.2, 0.25) is 0 Å². The molecule has 0 spiro atoms. The van der Waals surface area contributed by atoms with Crippen molar-refractivity contribution in [2.24, 2.45) is 5.92 Å². The molecule has 2 heterocycles. The second kappa shape index (κ2) is 8.51. The lowest BCUT2D eigenvalue weighted by Crippen LogP contribution is -2.50. The molecule has 2 aromatic carbocycles. The zero-order valence-corrected chi connectivity index (χ0v) is 18.9. The zero-order valence-electron chi connectivity index (χ0n) is 18.9. The Kier molecular flexibility index (Phi) is 5.94. The number of aromatic carboxylic acids is 1. The first kappa shape index (κ1) is 21.6. The van der Waals surface area contributed by atoms with Crippen LogP contribution in [0.15, 0.2) is 54.1 Å². The minimum absolute atomic E-state index is 0.0162. The lowest BCUT2D eigenvalue weighted by Gasteiger charge is -2.50. The van der Waals surface area contributed by atoms with Crippen LogP contribution in [0.4, 0.5) is 0 Å². The van der Waals surface area contributed by atoms with Gasteiger partial charge in [0, 0.05) is 11.5 Å². The van der Waals surface area contributed by atoms with E-state index in [2.05, 4.69) is 45.9 Å². The third kappa shape index (κ3) is 4.40. The molecule has 0 aliphatic carbocycles. The number of hydrogen-bond donors (Lipinski definition) is 1. The quantitative estimate of drug-likeness (QED) is 0.540. The Balaban J connectivity index is 1.68. The predicted molar refractivity (Wildman–Crippen MR) is 123 cm³/mol. The monoisotopic (exact) mass is 420 g/mol. The summed E-state index contributed by atoms with van der Waals surface area (Å²) in [5.41, 5.74) is 4.52. The highest BCUT2D eigenvalue weighted by Gasteiger charge is 2.49. The summed E-state index contributed by atoms with van der Waals surface area (Å²) < 4.78 is 13.2. The first-order valence-corrected chi connectivity index (χ1v) is 11.2. The summed E-state index contributed by atoms with van der Waals surface area (Å²) in [6, 6.07) is 13.3. The summed E-state index contributed by atoms with van der Waals surface area (Å²) in [7, 11) is 0. The van der Waals surface area contributed by atoms with Crippen molar-refractivity contribution >= 4 is 5.97 Å². The molecule has 0 amide bonds. The van der Waals surface area contributed by atoms with Crippen LogP contribution < -0.4 is 4.74 Å². The molecule has 0 saturated carbocycles. The second-order valence-corrected chi connectivity index (χ2v) is 9.42. The maximum absolute atomic E-state index is 11.2. The van der Waals surface area contributed by atoms with Gasteiger partial charge in [-0.15, -0.1) is 0 Å². The van der Waals surface area contributed by atoms with Gasteiger partial charge in [-0.1, -0.05) is 29.8 Å². The van der Waals surface area contributed by atoms with Crippen molar-refractivity contribution in [3.05, 3.63) is 65.2 Å². The smallest absolute Gasteiger partial charge is 0.335 e. The molecule has 1 N–H and O–H groups in total. The van der Waals surface area contributed by atoms with E-state index in [0.29, 0.717) is 11.5 Å². The third-order valence-electron chi connectivity index (χ3n) is 6.73. The van der Waals surface area contributed by atoms with Crippen molar-refractivity contribution in [2.75, 3.05) is 0 Å². The molecule has 4 heteroatoms. The number of rotatable bonds is 5. The second-order valence-electron chi connectivity index (χ2n) is 9.42. The van der Waals surface area contributed by atoms with Gasteiger partial charge in [0.1, 0.15) is 11.4 Å². The molecule has 0 aromatic heterocycles. The topological polar surface area (TPSA) is 55.8 Å². The van der Waals surface area contributed by atoms with Crippen LogP contribution >= 0.6 is 0 Å². The summed E-state index contributed by atoms with van der Waals surface area (Å²) >= 11 is 0. The highest BCUT2D eigenvalue weighted by molar-refractivity contribution is 5.88. The van der Waals surface area contributed by atoms with Crippen LogP contribution in [0.1, 0.15) is 75.4 Å². The molecular formula is C27H32O4. The zero-order chi connectivity index (χ0) is 22.2. The van der Waals surface area contributed by atoms with Crippen molar-refractivity contribution in [3.8, 4) is 16.9 Å². The van der Waals surface area contributed by atoms with Crippen LogP contribution in [0, 0.1) is 5.92 Å². The summed E-state index contributed by atoms with van der Waals surface area (Å²) in [4.78, 5) is 11.2. The van der Waals surface area contributed by atoms with Gasteiger partial charge in [0.05, 0.1) is 17.8 Å². The molecule has 1 fully saturated rings. The lowest BCUT2D eigenvalue weighted by molar-refractivity contribution is -0.151. The minimum Gasteiger partial charge on any atom is -0.487 e. The number of fused-ring (bicyclic) bond motifs is 3. The number of benzene rings is 2. The molecule has 1 saturated heterocycles. The fourth-order valence-corrected chi connectivity index (χ4v) is 4.95. The fourth-order valence-electron chi connectivity index (χ4n) is 4.95. The normalized spacial score (nSPS) is 26.9. The molecule has 0 bridgehead atoms. The molecule has 2 aliphatic heterocycles. The van der Waals surface area contributed by atoms with Crippen molar-refractivity contribution < 1.29 is 19.4 Å². The van der Waals surface area contributed by atoms with E-state index in [9.17, 15) is 4.79 Å². The molecule has 4 rings (SSSR count). The number of carboxylic acids is 1. The first-order chi connectivity index (χ1) is 14.8. The van der Waals surface area contributed by atoms with Crippen molar-refractivity contribution in [1.29, 1.82) is 0 Å². The van der Waals surface area contributed by atoms with Crippen LogP contribution in [0.5, 0.6) is 5.75 Å². The fraction of sp³-hybridized carbons (Fsp3) is 0.444. The number of hydrogen-bond acceptors (Lipinski definition) is 3. The van der Waals surface area contributed by atoms with Gasteiger partial charge < -0.3 is 14.6 Å². The van der Waals surface area contributed by atoms with Gasteiger partial charge in [-0.3, -0.25) is 0 Å². The van der Waals surface area contributed by atoms with Crippen molar-refractivity contribution in [1.82, 2.24) is 0 Å². The molecule has 164 valence electrons. The maximum Gasteiger partial charge on any atom is 0.335 e. The van der Waals surface area contributed by atoms with Gasteiger partial charge >= 0.3 is 5.97 Å². The Labute approximate surface area is 184 Å². The molecule has 0 unspecified atom stereocenters. The SMILES string of the molecule is CC(C)=CCC[C@@]1(C)Oc2ccc(-c3ccc(C(=O)O)cc3)cc2[C@@H]2O[C@H](C)CC[C@H]21. The largest absolute Gasteiger partial charge is 0.487 e. The number of allylic oxidation sites excluding steroid dienone is 2. The van der Waals surface area contributed by atoms with E-state index in [1.165, 1.54) is 5.57 Å². The van der Waals surface area contributed by atoms with E-state index in [0.717, 1.165) is 48.1 Å². The third-order valence-corrected chi connectivity index (χ3v) is 6.73. The molecule has 4 atom stereocenters. The van der Waals surface area contributed by atoms with E-state index < -0.39 is 5.97 Å². The van der Waals surface area contributed by atoms with Gasteiger partial charge in [-0.25, -0.2) is 4.79 Å². The van der Waals surface area contributed by atoms with Gasteiger partial charge in [-0.2, -0.15) is 0 Å². The van der Waals surface area contributed by atoms with Crippen molar-refractivity contribution in [2.45, 2.75) is 71.2 Å². The Hall–Kier alpha value is -2.59. The Morgan fingerprint density at radius 2 is 1.84 bits per heavy atom. The Morgan fingerprint density at radius 3 is 2.52 bits per heavy atom. The molecule has 0 radical (unpaired) electrons. The highest BCUT2D eigenvalue weighted by atomic mass is 16.5. The summed E-state index contributed by atoms with van der Waals surface area (Å²) in [5.74, 6) is 0.303. The molecular weight excluding hydrogens is 388 g/mol. The summed E-state index contributed by atoms with van der Waals surface area (Å²) in [5, 5.41) is 9.16. The Morgan fingerprint density at radius 1 is 1.13 bits per heavy atom. The van der Waals surface area contributed by atoms with E-state index in [1.54, 1.807) is 12.1 Å². The molecule has 2 aromatic rings. The van der Waals surface area contributed by atoms with E-state index in [-0.39, 0.29) is 17.8 Å². The average molecular weight is 421 g/mol. The van der Waals surface area contributed by atoms with Gasteiger partial charge in [0.25, 0.3) is 0 Å². The first-order valence-electron chi connectivity index (χ1n) is 11.2. The van der Waals surface area contributed by atoms with Crippen LogP contribution in [0.25, 0.3) is 11.1 Å². The lowest BCUT2D eigenvalue weighted by atomic mass is 9.72. The van der Waals surface area contributed by atoms with Gasteiger partial charge in [0.15, 0.2) is 0 Å².